The fraction of sp³-hybridized carbons (Fsp3) is 0.471. The van der Waals surface area contributed by atoms with Crippen LogP contribution in [-0.4, -0.2) is 73.1 Å². The molecule has 1 fully saturated rings. The Morgan fingerprint density at radius 2 is 2.07 bits per heavy atom. The summed E-state index contributed by atoms with van der Waals surface area (Å²) in [4.78, 5) is 12.6. The van der Waals surface area contributed by atoms with E-state index in [1.54, 1.807) is 25.1 Å². The zero-order valence-electron chi connectivity index (χ0n) is 15.3. The summed E-state index contributed by atoms with van der Waals surface area (Å²) >= 11 is 13.1. The lowest BCUT2D eigenvalue weighted by Crippen LogP contribution is -2.55. The van der Waals surface area contributed by atoms with E-state index in [1.807, 2.05) is 0 Å². The monoisotopic (exact) mass is 462 g/mol. The van der Waals surface area contributed by atoms with E-state index in [4.69, 9.17) is 27.9 Å². The largest absolute Gasteiger partial charge is 0.394 e. The molecule has 2 heterocycles. The van der Waals surface area contributed by atoms with E-state index in [-0.39, 0.29) is 5.69 Å². The summed E-state index contributed by atoms with van der Waals surface area (Å²) in [5.41, 5.74) is -0.804. The maximum absolute atomic E-state index is 11.9. The Morgan fingerprint density at radius 3 is 2.72 bits per heavy atom. The average molecular weight is 463 g/mol. The molecule has 1 aliphatic heterocycles. The summed E-state index contributed by atoms with van der Waals surface area (Å²) in [6, 6.07) is 3.97. The van der Waals surface area contributed by atoms with Gasteiger partial charge >= 0.3 is 0 Å². The first-order valence-electron chi connectivity index (χ1n) is 8.79. The highest BCUT2D eigenvalue weighted by molar-refractivity contribution is 7.99. The predicted molar refractivity (Wildman–Crippen MR) is 107 cm³/mol. The lowest BCUT2D eigenvalue weighted by molar-refractivity contribution is -0.178. The number of ether oxygens (including phenoxy) is 1. The van der Waals surface area contributed by atoms with Crippen molar-refractivity contribution in [3.63, 3.8) is 0 Å². The van der Waals surface area contributed by atoms with Crippen molar-refractivity contribution < 1.29 is 24.9 Å². The highest BCUT2D eigenvalue weighted by atomic mass is 35.5. The second kappa shape index (κ2) is 9.61. The minimum Gasteiger partial charge on any atom is -0.394 e. The standard InChI is InChI=1S/C17H20Cl2N4O5S/c1-2-20-16(27)11-6-23(22-21-11)13-14(25)12(7-24)28-17(15(13)26)29-8-3-4-9(18)10(19)5-8/h3-6,12-15,17,24-26H,2,7H2,1H3,(H,20,27)/t12-,13+,14+,15-,17-/m1/s1. The molecule has 0 saturated carbocycles. The number of aliphatic hydroxyl groups is 3. The molecule has 0 aliphatic carbocycles. The number of hydrogen-bond acceptors (Lipinski definition) is 8. The average Bonchev–Trinajstić information content (AvgIpc) is 3.17. The molecule has 1 saturated heterocycles. The van der Waals surface area contributed by atoms with Crippen molar-refractivity contribution in [3.8, 4) is 0 Å². The van der Waals surface area contributed by atoms with E-state index in [0.29, 0.717) is 21.5 Å². The number of halogens is 2. The van der Waals surface area contributed by atoms with Crippen LogP contribution in [0.1, 0.15) is 23.5 Å². The van der Waals surface area contributed by atoms with Gasteiger partial charge in [-0.15, -0.1) is 5.10 Å². The molecule has 2 aromatic rings. The van der Waals surface area contributed by atoms with E-state index in [2.05, 4.69) is 15.6 Å². The van der Waals surface area contributed by atoms with Crippen molar-refractivity contribution in [3.05, 3.63) is 40.1 Å². The predicted octanol–water partition coefficient (Wildman–Crippen LogP) is 1.11. The van der Waals surface area contributed by atoms with Crippen LogP contribution in [0, 0.1) is 0 Å². The molecule has 0 spiro atoms. The number of carbonyl (C=O) groups excluding carboxylic acids is 1. The summed E-state index contributed by atoms with van der Waals surface area (Å²) < 4.78 is 6.89. The number of carbonyl (C=O) groups is 1. The van der Waals surface area contributed by atoms with Crippen molar-refractivity contribution >= 4 is 40.9 Å². The number of aliphatic hydroxyl groups excluding tert-OH is 3. The number of rotatable bonds is 6. The molecule has 3 rings (SSSR count). The van der Waals surface area contributed by atoms with Gasteiger partial charge in [0.15, 0.2) is 5.69 Å². The Labute approximate surface area is 180 Å². The molecule has 12 heteroatoms. The topological polar surface area (TPSA) is 130 Å². The molecule has 158 valence electrons. The van der Waals surface area contributed by atoms with E-state index in [9.17, 15) is 20.1 Å². The van der Waals surface area contributed by atoms with E-state index in [0.717, 1.165) is 11.8 Å². The van der Waals surface area contributed by atoms with Gasteiger partial charge < -0.3 is 25.4 Å². The van der Waals surface area contributed by atoms with Gasteiger partial charge in [-0.05, 0) is 25.1 Å². The fourth-order valence-electron chi connectivity index (χ4n) is 2.94. The van der Waals surface area contributed by atoms with Crippen molar-refractivity contribution in [1.82, 2.24) is 20.3 Å². The highest BCUT2D eigenvalue weighted by Crippen LogP contribution is 2.39. The van der Waals surface area contributed by atoms with Gasteiger partial charge in [0.25, 0.3) is 5.91 Å². The number of hydrogen-bond donors (Lipinski definition) is 4. The van der Waals surface area contributed by atoms with Crippen LogP contribution in [0.15, 0.2) is 29.3 Å². The summed E-state index contributed by atoms with van der Waals surface area (Å²) in [5.74, 6) is -0.421. The van der Waals surface area contributed by atoms with Crippen LogP contribution in [0.4, 0.5) is 0 Å². The number of amides is 1. The van der Waals surface area contributed by atoms with Gasteiger partial charge in [0, 0.05) is 11.4 Å². The second-order valence-corrected chi connectivity index (χ2v) is 8.32. The maximum Gasteiger partial charge on any atom is 0.273 e. The molecule has 0 unspecified atom stereocenters. The number of nitrogens with one attached hydrogen (secondary N) is 1. The van der Waals surface area contributed by atoms with Crippen molar-refractivity contribution in [1.29, 1.82) is 0 Å². The van der Waals surface area contributed by atoms with Gasteiger partial charge in [0.2, 0.25) is 0 Å². The smallest absolute Gasteiger partial charge is 0.273 e. The third-order valence-corrected chi connectivity index (χ3v) is 6.26. The molecule has 9 nitrogen and oxygen atoms in total. The Kier molecular flexibility index (Phi) is 7.38. The SMILES string of the molecule is CCNC(=O)c1cn([C@@H]2[C@@H](O)[C@@H](Sc3ccc(Cl)c(Cl)c3)O[C@H](CO)[C@@H]2O)nn1. The van der Waals surface area contributed by atoms with E-state index >= 15 is 0 Å². The molecule has 5 atom stereocenters. The Balaban J connectivity index is 1.85. The summed E-state index contributed by atoms with van der Waals surface area (Å²) in [7, 11) is 0. The van der Waals surface area contributed by atoms with Crippen molar-refractivity contribution in [2.75, 3.05) is 13.2 Å². The number of nitrogens with zero attached hydrogens (tertiary/aromatic N) is 3. The van der Waals surface area contributed by atoms with Gasteiger partial charge in [0.1, 0.15) is 29.8 Å². The Hall–Kier alpha value is -1.40. The molecule has 1 aromatic carbocycles. The third kappa shape index (κ3) is 4.85. The molecular weight excluding hydrogens is 443 g/mol. The minimum absolute atomic E-state index is 0.0481. The molecule has 0 radical (unpaired) electrons. The summed E-state index contributed by atoms with van der Waals surface area (Å²) in [5, 5.41) is 42.1. The van der Waals surface area contributed by atoms with Gasteiger partial charge in [-0.25, -0.2) is 4.68 Å². The van der Waals surface area contributed by atoms with Gasteiger partial charge in [-0.2, -0.15) is 0 Å². The molecule has 0 bridgehead atoms. The number of benzene rings is 1. The van der Waals surface area contributed by atoms with E-state index in [1.165, 1.54) is 10.9 Å². The first kappa shape index (κ1) is 22.3. The molecular formula is C17H20Cl2N4O5S. The van der Waals surface area contributed by atoms with Crippen LogP contribution in [0.3, 0.4) is 0 Å². The second-order valence-electron chi connectivity index (χ2n) is 6.33. The maximum atomic E-state index is 11.9. The Morgan fingerprint density at radius 1 is 1.31 bits per heavy atom. The number of aromatic nitrogens is 3. The van der Waals surface area contributed by atoms with Crippen LogP contribution in [0.2, 0.25) is 10.0 Å². The van der Waals surface area contributed by atoms with Crippen LogP contribution in [0.5, 0.6) is 0 Å². The van der Waals surface area contributed by atoms with Gasteiger partial charge in [-0.3, -0.25) is 4.79 Å². The van der Waals surface area contributed by atoms with Gasteiger partial charge in [-0.1, -0.05) is 40.2 Å². The van der Waals surface area contributed by atoms with Gasteiger partial charge in [0.05, 0.1) is 22.8 Å². The molecule has 1 amide bonds. The quantitative estimate of drug-likeness (QED) is 0.502. The van der Waals surface area contributed by atoms with Crippen LogP contribution < -0.4 is 5.32 Å². The van der Waals surface area contributed by atoms with E-state index < -0.39 is 42.3 Å². The normalized spacial score (nSPS) is 27.0. The zero-order chi connectivity index (χ0) is 21.1. The molecule has 4 N–H and O–H groups in total. The van der Waals surface area contributed by atoms with Crippen LogP contribution >= 0.6 is 35.0 Å². The highest BCUT2D eigenvalue weighted by Gasteiger charge is 2.46. The zero-order valence-corrected chi connectivity index (χ0v) is 17.6. The van der Waals surface area contributed by atoms with Crippen LogP contribution in [0.25, 0.3) is 0 Å². The van der Waals surface area contributed by atoms with Crippen LogP contribution in [-0.2, 0) is 4.74 Å². The lowest BCUT2D eigenvalue weighted by Gasteiger charge is -2.41. The molecule has 1 aliphatic rings. The summed E-state index contributed by atoms with van der Waals surface area (Å²) in [6.45, 7) is 1.72. The molecule has 29 heavy (non-hydrogen) atoms. The van der Waals surface area contributed by atoms with Crippen molar-refractivity contribution in [2.45, 2.75) is 41.6 Å². The minimum atomic E-state index is -1.27. The lowest BCUT2D eigenvalue weighted by atomic mass is 9.97. The third-order valence-electron chi connectivity index (χ3n) is 4.38. The number of thioether (sulfide) groups is 1. The first-order valence-corrected chi connectivity index (χ1v) is 10.4. The first-order chi connectivity index (χ1) is 13.8. The summed E-state index contributed by atoms with van der Waals surface area (Å²) in [6.07, 6.45) is -2.13. The van der Waals surface area contributed by atoms with Crippen molar-refractivity contribution in [2.24, 2.45) is 0 Å². The molecule has 1 aromatic heterocycles. The fourth-order valence-corrected chi connectivity index (χ4v) is 4.40. The Bertz CT molecular complexity index is 870.